The van der Waals surface area contributed by atoms with Crippen LogP contribution >= 0.6 is 12.4 Å². The van der Waals surface area contributed by atoms with Crippen LogP contribution in [-0.2, 0) is 0 Å². The highest BCUT2D eigenvalue weighted by atomic mass is 35.5. The predicted molar refractivity (Wildman–Crippen MR) is 63.9 cm³/mol. The molecule has 1 N–H and O–H groups in total. The molecule has 0 aliphatic carbocycles. The maximum atomic E-state index is 3.32. The van der Waals surface area contributed by atoms with Crippen molar-refractivity contribution in [2.75, 3.05) is 13.1 Å². The molecule has 1 heterocycles. The maximum Gasteiger partial charge on any atom is 0.0140 e. The zero-order valence-corrected chi connectivity index (χ0v) is 9.23. The van der Waals surface area contributed by atoms with Crippen molar-refractivity contribution >= 4 is 18.0 Å². The van der Waals surface area contributed by atoms with Gasteiger partial charge < -0.3 is 5.32 Å². The van der Waals surface area contributed by atoms with Gasteiger partial charge in [0, 0.05) is 6.54 Å². The minimum Gasteiger partial charge on any atom is -0.313 e. The minimum atomic E-state index is 0. The molecule has 0 radical (unpaired) electrons. The molecular formula is C12H16ClN. The quantitative estimate of drug-likeness (QED) is 0.750. The molecule has 0 fully saturated rings. The van der Waals surface area contributed by atoms with E-state index in [2.05, 4.69) is 42.6 Å². The Morgan fingerprint density at radius 3 is 2.79 bits per heavy atom. The molecule has 1 aliphatic heterocycles. The lowest BCUT2D eigenvalue weighted by molar-refractivity contribution is 0.738. The van der Waals surface area contributed by atoms with E-state index in [1.54, 1.807) is 0 Å². The molecule has 0 bridgehead atoms. The van der Waals surface area contributed by atoms with Crippen molar-refractivity contribution in [3.05, 3.63) is 41.5 Å². The van der Waals surface area contributed by atoms with Crippen LogP contribution in [-0.4, -0.2) is 13.1 Å². The van der Waals surface area contributed by atoms with Gasteiger partial charge in [-0.3, -0.25) is 0 Å². The van der Waals surface area contributed by atoms with Crippen molar-refractivity contribution in [2.24, 2.45) is 0 Å². The SMILES string of the molecule is Cc1cccc(C2=CCNCC2)c1.Cl. The van der Waals surface area contributed by atoms with Gasteiger partial charge in [-0.2, -0.15) is 0 Å². The van der Waals surface area contributed by atoms with Gasteiger partial charge in [-0.15, -0.1) is 12.4 Å². The molecule has 1 nitrogen and oxygen atoms in total. The molecule has 1 aromatic carbocycles. The number of aryl methyl sites for hydroxylation is 1. The third-order valence-corrected chi connectivity index (χ3v) is 2.45. The molecule has 76 valence electrons. The summed E-state index contributed by atoms with van der Waals surface area (Å²) in [6.07, 6.45) is 3.45. The minimum absolute atomic E-state index is 0. The van der Waals surface area contributed by atoms with Crippen molar-refractivity contribution in [3.8, 4) is 0 Å². The van der Waals surface area contributed by atoms with Crippen molar-refractivity contribution in [1.82, 2.24) is 5.32 Å². The van der Waals surface area contributed by atoms with Gasteiger partial charge in [-0.25, -0.2) is 0 Å². The van der Waals surface area contributed by atoms with Crippen molar-refractivity contribution in [3.63, 3.8) is 0 Å². The summed E-state index contributed by atoms with van der Waals surface area (Å²) in [6.45, 7) is 4.27. The van der Waals surface area contributed by atoms with E-state index in [0.717, 1.165) is 19.5 Å². The lowest BCUT2D eigenvalue weighted by atomic mass is 9.99. The first-order chi connectivity index (χ1) is 6.36. The molecule has 2 heteroatoms. The zero-order chi connectivity index (χ0) is 9.10. The maximum absolute atomic E-state index is 3.32. The van der Waals surface area contributed by atoms with Crippen molar-refractivity contribution in [1.29, 1.82) is 0 Å². The van der Waals surface area contributed by atoms with Crippen molar-refractivity contribution in [2.45, 2.75) is 13.3 Å². The van der Waals surface area contributed by atoms with E-state index < -0.39 is 0 Å². The van der Waals surface area contributed by atoms with Gasteiger partial charge in [0.25, 0.3) is 0 Å². The number of hydrogen-bond acceptors (Lipinski definition) is 1. The average Bonchev–Trinajstić information content (AvgIpc) is 2.19. The first-order valence-electron chi connectivity index (χ1n) is 4.83. The summed E-state index contributed by atoms with van der Waals surface area (Å²) in [5.74, 6) is 0. The number of nitrogens with one attached hydrogen (secondary N) is 1. The van der Waals surface area contributed by atoms with Gasteiger partial charge in [0.05, 0.1) is 0 Å². The largest absolute Gasteiger partial charge is 0.313 e. The van der Waals surface area contributed by atoms with Gasteiger partial charge in [0.15, 0.2) is 0 Å². The van der Waals surface area contributed by atoms with E-state index in [0.29, 0.717) is 0 Å². The second-order valence-electron chi connectivity index (χ2n) is 3.55. The Bertz CT molecular complexity index is 331. The summed E-state index contributed by atoms with van der Waals surface area (Å²) in [5.41, 5.74) is 4.22. The van der Waals surface area contributed by atoms with Gasteiger partial charge in [0.2, 0.25) is 0 Å². The third kappa shape index (κ3) is 2.60. The summed E-state index contributed by atoms with van der Waals surface area (Å²) in [5, 5.41) is 3.32. The summed E-state index contributed by atoms with van der Waals surface area (Å²) in [6, 6.07) is 8.74. The topological polar surface area (TPSA) is 12.0 Å². The Labute approximate surface area is 91.6 Å². The fourth-order valence-corrected chi connectivity index (χ4v) is 1.73. The molecule has 0 saturated carbocycles. The van der Waals surface area contributed by atoms with E-state index >= 15 is 0 Å². The van der Waals surface area contributed by atoms with E-state index in [4.69, 9.17) is 0 Å². The Morgan fingerprint density at radius 2 is 2.14 bits per heavy atom. The number of hydrogen-bond donors (Lipinski definition) is 1. The fourth-order valence-electron chi connectivity index (χ4n) is 1.73. The van der Waals surface area contributed by atoms with Crippen LogP contribution < -0.4 is 5.32 Å². The Balaban J connectivity index is 0.000000980. The Morgan fingerprint density at radius 1 is 1.29 bits per heavy atom. The predicted octanol–water partition coefficient (Wildman–Crippen LogP) is 2.79. The normalized spacial score (nSPS) is 15.6. The van der Waals surface area contributed by atoms with E-state index in [1.807, 2.05) is 0 Å². The number of halogens is 1. The van der Waals surface area contributed by atoms with E-state index in [-0.39, 0.29) is 12.4 Å². The Kier molecular flexibility index (Phi) is 4.18. The summed E-state index contributed by atoms with van der Waals surface area (Å²) >= 11 is 0. The van der Waals surface area contributed by atoms with E-state index in [9.17, 15) is 0 Å². The average molecular weight is 210 g/mol. The molecule has 0 amide bonds. The molecule has 0 saturated heterocycles. The summed E-state index contributed by atoms with van der Waals surface area (Å²) < 4.78 is 0. The highest BCUT2D eigenvalue weighted by Crippen LogP contribution is 2.19. The van der Waals surface area contributed by atoms with Crippen LogP contribution in [0.25, 0.3) is 5.57 Å². The smallest absolute Gasteiger partial charge is 0.0140 e. The van der Waals surface area contributed by atoms with E-state index in [1.165, 1.54) is 16.7 Å². The fraction of sp³-hybridized carbons (Fsp3) is 0.333. The lowest BCUT2D eigenvalue weighted by Gasteiger charge is -2.14. The zero-order valence-electron chi connectivity index (χ0n) is 8.42. The van der Waals surface area contributed by atoms with Gasteiger partial charge in [-0.05, 0) is 31.0 Å². The second-order valence-corrected chi connectivity index (χ2v) is 3.55. The molecule has 1 aromatic rings. The molecule has 0 unspecified atom stereocenters. The van der Waals surface area contributed by atoms with Crippen LogP contribution in [0.5, 0.6) is 0 Å². The van der Waals surface area contributed by atoms with Gasteiger partial charge >= 0.3 is 0 Å². The van der Waals surface area contributed by atoms with Crippen LogP contribution in [0.2, 0.25) is 0 Å². The third-order valence-electron chi connectivity index (χ3n) is 2.45. The molecule has 0 spiro atoms. The van der Waals surface area contributed by atoms with Gasteiger partial charge in [-0.1, -0.05) is 35.9 Å². The molecule has 1 aliphatic rings. The number of rotatable bonds is 1. The van der Waals surface area contributed by atoms with Crippen LogP contribution in [0.4, 0.5) is 0 Å². The Hall–Kier alpha value is -0.790. The summed E-state index contributed by atoms with van der Waals surface area (Å²) in [4.78, 5) is 0. The van der Waals surface area contributed by atoms with Crippen molar-refractivity contribution < 1.29 is 0 Å². The van der Waals surface area contributed by atoms with Crippen LogP contribution in [0.1, 0.15) is 17.5 Å². The number of benzene rings is 1. The van der Waals surface area contributed by atoms with Crippen LogP contribution in [0, 0.1) is 6.92 Å². The van der Waals surface area contributed by atoms with Gasteiger partial charge in [0.1, 0.15) is 0 Å². The highest BCUT2D eigenvalue weighted by molar-refractivity contribution is 5.85. The van der Waals surface area contributed by atoms with Crippen LogP contribution in [0.3, 0.4) is 0 Å². The summed E-state index contributed by atoms with van der Waals surface area (Å²) in [7, 11) is 0. The molecular weight excluding hydrogens is 194 g/mol. The molecule has 0 atom stereocenters. The van der Waals surface area contributed by atoms with Crippen LogP contribution in [0.15, 0.2) is 30.3 Å². The standard InChI is InChI=1S/C12H15N.ClH/c1-10-3-2-4-12(9-10)11-5-7-13-8-6-11;/h2-5,9,13H,6-8H2,1H3;1H. The first kappa shape index (κ1) is 11.3. The highest BCUT2D eigenvalue weighted by Gasteiger charge is 2.04. The molecule has 14 heavy (non-hydrogen) atoms. The molecule has 0 aromatic heterocycles. The first-order valence-corrected chi connectivity index (χ1v) is 4.83. The molecule has 2 rings (SSSR count). The monoisotopic (exact) mass is 209 g/mol. The second kappa shape index (κ2) is 5.18. The lowest BCUT2D eigenvalue weighted by Crippen LogP contribution is -2.19.